The topological polar surface area (TPSA) is 52.3 Å². The predicted molar refractivity (Wildman–Crippen MR) is 76.0 cm³/mol. The minimum atomic E-state index is -0.304. The molecule has 2 N–H and O–H groups in total. The van der Waals surface area contributed by atoms with E-state index in [0.29, 0.717) is 11.7 Å². The van der Waals surface area contributed by atoms with Crippen molar-refractivity contribution in [3.05, 3.63) is 29.8 Å². The van der Waals surface area contributed by atoms with Gasteiger partial charge >= 0.3 is 5.97 Å². The van der Waals surface area contributed by atoms with Crippen molar-refractivity contribution in [2.24, 2.45) is 11.7 Å². The molecule has 1 aromatic rings. The molecule has 0 radical (unpaired) electrons. The first-order valence-electron chi connectivity index (χ1n) is 6.03. The lowest BCUT2D eigenvalue weighted by Gasteiger charge is -2.13. The normalized spacial score (nSPS) is 11.8. The second-order valence-corrected chi connectivity index (χ2v) is 4.74. The van der Waals surface area contributed by atoms with Crippen LogP contribution in [0.25, 0.3) is 0 Å². The smallest absolute Gasteiger partial charge is 0.308 e. The summed E-state index contributed by atoms with van der Waals surface area (Å²) in [7, 11) is 0. The standard InChI is InChI=1S/C14H21NO2.ClH/c1-10(2)4-9-14(15)12-5-7-13(8-6-12)17-11(3)16;/h5-8,10,14H,4,9,15H2,1-3H3;1H/t14-;/m1./s1. The van der Waals surface area contributed by atoms with E-state index in [1.807, 2.05) is 12.1 Å². The van der Waals surface area contributed by atoms with Gasteiger partial charge in [-0.15, -0.1) is 12.4 Å². The molecule has 102 valence electrons. The minimum Gasteiger partial charge on any atom is -0.427 e. The van der Waals surface area contributed by atoms with Gasteiger partial charge in [0.1, 0.15) is 5.75 Å². The van der Waals surface area contributed by atoms with E-state index in [1.54, 1.807) is 12.1 Å². The van der Waals surface area contributed by atoms with Crippen LogP contribution in [-0.4, -0.2) is 5.97 Å². The largest absolute Gasteiger partial charge is 0.427 e. The molecule has 0 amide bonds. The van der Waals surface area contributed by atoms with E-state index in [0.717, 1.165) is 18.4 Å². The molecule has 0 saturated carbocycles. The first-order valence-corrected chi connectivity index (χ1v) is 6.03. The molecule has 0 heterocycles. The van der Waals surface area contributed by atoms with Crippen molar-refractivity contribution in [2.45, 2.75) is 39.7 Å². The maximum Gasteiger partial charge on any atom is 0.308 e. The molecule has 3 nitrogen and oxygen atoms in total. The number of hydrogen-bond acceptors (Lipinski definition) is 3. The predicted octanol–water partition coefficient (Wildman–Crippen LogP) is 3.47. The van der Waals surface area contributed by atoms with Crippen molar-refractivity contribution in [1.82, 2.24) is 0 Å². The summed E-state index contributed by atoms with van der Waals surface area (Å²) >= 11 is 0. The number of nitrogens with two attached hydrogens (primary N) is 1. The van der Waals surface area contributed by atoms with Gasteiger partial charge in [0, 0.05) is 13.0 Å². The van der Waals surface area contributed by atoms with Crippen LogP contribution in [0, 0.1) is 5.92 Å². The van der Waals surface area contributed by atoms with Crippen LogP contribution in [0.4, 0.5) is 0 Å². The molecule has 1 atom stereocenters. The summed E-state index contributed by atoms with van der Waals surface area (Å²) in [4.78, 5) is 10.8. The monoisotopic (exact) mass is 271 g/mol. The van der Waals surface area contributed by atoms with Gasteiger partial charge in [-0.05, 0) is 36.5 Å². The molecule has 0 bridgehead atoms. The van der Waals surface area contributed by atoms with Gasteiger partial charge in [0.25, 0.3) is 0 Å². The molecule has 0 saturated heterocycles. The highest BCUT2D eigenvalue weighted by atomic mass is 35.5. The Balaban J connectivity index is 0.00000289. The highest BCUT2D eigenvalue weighted by Gasteiger charge is 2.07. The number of esters is 1. The Labute approximate surface area is 115 Å². The number of halogens is 1. The van der Waals surface area contributed by atoms with E-state index in [9.17, 15) is 4.79 Å². The average Bonchev–Trinajstić information content (AvgIpc) is 2.26. The zero-order chi connectivity index (χ0) is 12.8. The van der Waals surface area contributed by atoms with E-state index in [4.69, 9.17) is 10.5 Å². The molecule has 1 rings (SSSR count). The second-order valence-electron chi connectivity index (χ2n) is 4.74. The first-order chi connectivity index (χ1) is 7.99. The van der Waals surface area contributed by atoms with Crippen LogP contribution in [0.1, 0.15) is 45.2 Å². The second kappa shape index (κ2) is 8.11. The number of rotatable bonds is 5. The highest BCUT2D eigenvalue weighted by molar-refractivity contribution is 5.85. The van der Waals surface area contributed by atoms with E-state index >= 15 is 0 Å². The summed E-state index contributed by atoms with van der Waals surface area (Å²) in [6, 6.07) is 7.47. The van der Waals surface area contributed by atoms with Gasteiger partial charge in [-0.2, -0.15) is 0 Å². The Hall–Kier alpha value is -1.06. The van der Waals surface area contributed by atoms with Crippen LogP contribution < -0.4 is 10.5 Å². The molecule has 1 aromatic carbocycles. The summed E-state index contributed by atoms with van der Waals surface area (Å²) in [5.41, 5.74) is 7.17. The molecule has 0 aliphatic carbocycles. The van der Waals surface area contributed by atoms with Crippen molar-refractivity contribution in [3.63, 3.8) is 0 Å². The molecule has 0 fully saturated rings. The Kier molecular flexibility index (Phi) is 7.64. The molecule has 0 aliphatic rings. The Morgan fingerprint density at radius 2 is 1.78 bits per heavy atom. The number of benzene rings is 1. The van der Waals surface area contributed by atoms with Crippen LogP contribution in [-0.2, 0) is 4.79 Å². The van der Waals surface area contributed by atoms with Gasteiger partial charge in [0.2, 0.25) is 0 Å². The lowest BCUT2D eigenvalue weighted by molar-refractivity contribution is -0.131. The average molecular weight is 272 g/mol. The van der Waals surface area contributed by atoms with Gasteiger partial charge in [-0.25, -0.2) is 0 Å². The van der Waals surface area contributed by atoms with E-state index in [-0.39, 0.29) is 24.4 Å². The molecule has 0 spiro atoms. The van der Waals surface area contributed by atoms with Gasteiger partial charge in [-0.3, -0.25) is 4.79 Å². The lowest BCUT2D eigenvalue weighted by Crippen LogP contribution is -2.11. The van der Waals surface area contributed by atoms with Crippen molar-refractivity contribution >= 4 is 18.4 Å². The minimum absolute atomic E-state index is 0. The van der Waals surface area contributed by atoms with Gasteiger partial charge in [0.15, 0.2) is 0 Å². The zero-order valence-electron chi connectivity index (χ0n) is 11.2. The van der Waals surface area contributed by atoms with Gasteiger partial charge in [-0.1, -0.05) is 26.0 Å². The third-order valence-corrected chi connectivity index (χ3v) is 2.62. The van der Waals surface area contributed by atoms with E-state index in [2.05, 4.69) is 13.8 Å². The third-order valence-electron chi connectivity index (χ3n) is 2.62. The Morgan fingerprint density at radius 1 is 1.22 bits per heavy atom. The van der Waals surface area contributed by atoms with E-state index < -0.39 is 0 Å². The number of carbonyl (C=O) groups is 1. The number of hydrogen-bond donors (Lipinski definition) is 1. The van der Waals surface area contributed by atoms with Gasteiger partial charge in [0.05, 0.1) is 0 Å². The van der Waals surface area contributed by atoms with Crippen LogP contribution in [0.15, 0.2) is 24.3 Å². The lowest BCUT2D eigenvalue weighted by atomic mass is 9.98. The maximum absolute atomic E-state index is 10.8. The van der Waals surface area contributed by atoms with Crippen LogP contribution in [0.2, 0.25) is 0 Å². The first kappa shape index (κ1) is 16.9. The van der Waals surface area contributed by atoms with Crippen molar-refractivity contribution < 1.29 is 9.53 Å². The van der Waals surface area contributed by atoms with Crippen molar-refractivity contribution in [3.8, 4) is 5.75 Å². The highest BCUT2D eigenvalue weighted by Crippen LogP contribution is 2.21. The molecular formula is C14H22ClNO2. The van der Waals surface area contributed by atoms with Crippen LogP contribution in [0.3, 0.4) is 0 Å². The Morgan fingerprint density at radius 3 is 2.22 bits per heavy atom. The molecular weight excluding hydrogens is 250 g/mol. The maximum atomic E-state index is 10.8. The summed E-state index contributed by atoms with van der Waals surface area (Å²) in [5, 5.41) is 0. The summed E-state index contributed by atoms with van der Waals surface area (Å²) < 4.78 is 4.97. The van der Waals surface area contributed by atoms with Gasteiger partial charge < -0.3 is 10.5 Å². The fourth-order valence-corrected chi connectivity index (χ4v) is 1.63. The molecule has 4 heteroatoms. The molecule has 0 aliphatic heterocycles. The van der Waals surface area contributed by atoms with Crippen LogP contribution in [0.5, 0.6) is 5.75 Å². The van der Waals surface area contributed by atoms with Crippen molar-refractivity contribution in [2.75, 3.05) is 0 Å². The van der Waals surface area contributed by atoms with E-state index in [1.165, 1.54) is 6.92 Å². The molecule has 0 unspecified atom stereocenters. The fourth-order valence-electron chi connectivity index (χ4n) is 1.63. The zero-order valence-corrected chi connectivity index (χ0v) is 12.0. The SMILES string of the molecule is CC(=O)Oc1ccc([C@H](N)CCC(C)C)cc1.Cl. The summed E-state index contributed by atoms with van der Waals surface area (Å²) in [6.07, 6.45) is 2.09. The summed E-state index contributed by atoms with van der Waals surface area (Å²) in [5.74, 6) is 0.931. The number of carbonyl (C=O) groups excluding carboxylic acids is 1. The third kappa shape index (κ3) is 6.03. The fraction of sp³-hybridized carbons (Fsp3) is 0.500. The molecule has 18 heavy (non-hydrogen) atoms. The number of ether oxygens (including phenoxy) is 1. The molecule has 0 aromatic heterocycles. The summed E-state index contributed by atoms with van der Waals surface area (Å²) in [6.45, 7) is 5.77. The quantitative estimate of drug-likeness (QED) is 0.659. The van der Waals surface area contributed by atoms with Crippen molar-refractivity contribution in [1.29, 1.82) is 0 Å². The Bertz CT molecular complexity index is 363. The van der Waals surface area contributed by atoms with Crippen LogP contribution >= 0.6 is 12.4 Å².